The zero-order valence-corrected chi connectivity index (χ0v) is 19.1. The summed E-state index contributed by atoms with van der Waals surface area (Å²) in [5, 5.41) is 13.0. The number of nitrogens with zero attached hydrogens (tertiary/aromatic N) is 2. The standard InChI is InChI=1S/C14H20N3O12P3/c1-8-6-17(13(19)16-10(8)3)11-5-12(18)14(15-4,9(11)2)7-27-31(23,24)29-32(25,26)28-30(20,21)22/h6,11-12,18H,2-3,5,7H2,1H3,(H,16,19)(H,23,24)(H,25,26)(H2,20,21,22)/t11-,12-,14+/m0/s1. The van der Waals surface area contributed by atoms with Gasteiger partial charge in [-0.15, -0.1) is 0 Å². The first-order chi connectivity index (χ1) is 14.4. The Kier molecular flexibility index (Phi) is 7.44. The average molecular weight is 515 g/mol. The Hall–Kier alpha value is -1.65. The number of urea groups is 1. The molecular formula is C14H20N3O12P3. The number of phosphoric ester groups is 1. The van der Waals surface area contributed by atoms with Crippen molar-refractivity contribution in [1.29, 1.82) is 0 Å². The van der Waals surface area contributed by atoms with Crippen LogP contribution < -0.4 is 5.32 Å². The van der Waals surface area contributed by atoms with Gasteiger partial charge in [0.05, 0.1) is 6.04 Å². The van der Waals surface area contributed by atoms with Crippen LogP contribution in [0.4, 0.5) is 4.79 Å². The minimum Gasteiger partial charge on any atom is -0.384 e. The topological polar surface area (TPSA) is 217 Å². The van der Waals surface area contributed by atoms with E-state index in [2.05, 4.69) is 36.5 Å². The SMILES string of the molecule is [C-]#[N+][C@]1(COP(=O)(O)OP(=O)(O)OP(=O)(O)O)C(=C)[C@@H](N2C=C(C)C(=C)NC2=O)C[C@@H]1O. The summed E-state index contributed by atoms with van der Waals surface area (Å²) in [5.74, 6) is 0. The van der Waals surface area contributed by atoms with Crippen molar-refractivity contribution in [3.63, 3.8) is 0 Å². The van der Waals surface area contributed by atoms with Gasteiger partial charge in [0.15, 0.2) is 0 Å². The van der Waals surface area contributed by atoms with Crippen LogP contribution in [0.5, 0.6) is 0 Å². The minimum absolute atomic E-state index is 0.0645. The van der Waals surface area contributed by atoms with Crippen molar-refractivity contribution >= 4 is 29.5 Å². The first kappa shape index (κ1) is 26.6. The molecule has 0 aromatic rings. The second-order valence-corrected chi connectivity index (χ2v) is 11.2. The molecule has 32 heavy (non-hydrogen) atoms. The molecule has 0 bridgehead atoms. The van der Waals surface area contributed by atoms with E-state index in [4.69, 9.17) is 16.4 Å². The fraction of sp³-hybridized carbons (Fsp3) is 0.429. The van der Waals surface area contributed by atoms with E-state index in [0.717, 1.165) is 4.90 Å². The van der Waals surface area contributed by atoms with Gasteiger partial charge in [-0.3, -0.25) is 14.3 Å². The fourth-order valence-electron chi connectivity index (χ4n) is 3.05. The Morgan fingerprint density at radius 1 is 1.25 bits per heavy atom. The van der Waals surface area contributed by atoms with Crippen LogP contribution in [-0.4, -0.2) is 59.9 Å². The molecule has 1 fully saturated rings. The van der Waals surface area contributed by atoms with Gasteiger partial charge < -0.3 is 30.0 Å². The van der Waals surface area contributed by atoms with Crippen LogP contribution >= 0.6 is 23.5 Å². The number of nitrogens with one attached hydrogen (secondary N) is 1. The molecule has 1 aliphatic heterocycles. The van der Waals surface area contributed by atoms with E-state index in [1.54, 1.807) is 6.92 Å². The molecule has 1 saturated carbocycles. The molecule has 2 amide bonds. The molecule has 178 valence electrons. The largest absolute Gasteiger partial charge is 0.490 e. The van der Waals surface area contributed by atoms with Gasteiger partial charge >= 0.3 is 35.0 Å². The van der Waals surface area contributed by atoms with Gasteiger partial charge in [-0.25, -0.2) is 25.1 Å². The molecule has 15 nitrogen and oxygen atoms in total. The van der Waals surface area contributed by atoms with Gasteiger partial charge in [-0.05, 0) is 12.5 Å². The van der Waals surface area contributed by atoms with Crippen LogP contribution in [0.3, 0.4) is 0 Å². The van der Waals surface area contributed by atoms with Gasteiger partial charge in [-0.2, -0.15) is 8.62 Å². The van der Waals surface area contributed by atoms with Crippen LogP contribution in [0.1, 0.15) is 13.3 Å². The number of hydrogen-bond acceptors (Lipinski definition) is 8. The number of carbonyl (C=O) groups excluding carboxylic acids is 1. The molecule has 2 aliphatic rings. The lowest BCUT2D eigenvalue weighted by Gasteiger charge is -2.31. The third-order valence-electron chi connectivity index (χ3n) is 4.66. The number of amides is 2. The summed E-state index contributed by atoms with van der Waals surface area (Å²) >= 11 is 0. The highest BCUT2D eigenvalue weighted by molar-refractivity contribution is 7.66. The van der Waals surface area contributed by atoms with Crippen molar-refractivity contribution < 1.29 is 56.3 Å². The van der Waals surface area contributed by atoms with Crippen molar-refractivity contribution in [2.75, 3.05) is 6.61 Å². The molecule has 6 N–H and O–H groups in total. The van der Waals surface area contributed by atoms with Crippen LogP contribution in [0, 0.1) is 6.57 Å². The highest BCUT2D eigenvalue weighted by Crippen LogP contribution is 2.66. The molecule has 1 aliphatic carbocycles. The molecule has 0 aromatic carbocycles. The Labute approximate surface area is 181 Å². The van der Waals surface area contributed by atoms with Crippen molar-refractivity contribution in [2.45, 2.75) is 31.0 Å². The lowest BCUT2D eigenvalue weighted by molar-refractivity contribution is 0.0904. The van der Waals surface area contributed by atoms with E-state index in [0.29, 0.717) is 11.3 Å². The van der Waals surface area contributed by atoms with Crippen LogP contribution in [0.15, 0.2) is 36.2 Å². The summed E-state index contributed by atoms with van der Waals surface area (Å²) in [7, 11) is -16.9. The first-order valence-corrected chi connectivity index (χ1v) is 13.0. The highest BCUT2D eigenvalue weighted by atomic mass is 31.3. The average Bonchev–Trinajstić information content (AvgIpc) is 2.84. The van der Waals surface area contributed by atoms with Crippen molar-refractivity contribution in [2.24, 2.45) is 0 Å². The van der Waals surface area contributed by atoms with Crippen molar-refractivity contribution in [3.8, 4) is 0 Å². The molecule has 0 saturated heterocycles. The second kappa shape index (κ2) is 8.95. The summed E-state index contributed by atoms with van der Waals surface area (Å²) in [6, 6.07) is -1.54. The molecule has 0 spiro atoms. The van der Waals surface area contributed by atoms with Crippen LogP contribution in [0.25, 0.3) is 4.85 Å². The maximum absolute atomic E-state index is 12.3. The number of allylic oxidation sites excluding steroid dienone is 1. The third-order valence-corrected chi connectivity index (χ3v) is 8.44. The summed E-state index contributed by atoms with van der Waals surface area (Å²) in [6.07, 6.45) is -0.326. The maximum Gasteiger partial charge on any atom is 0.490 e. The smallest absolute Gasteiger partial charge is 0.384 e. The highest BCUT2D eigenvalue weighted by Gasteiger charge is 2.60. The Balaban J connectivity index is 2.22. The Bertz CT molecular complexity index is 1060. The molecule has 0 aromatic heterocycles. The monoisotopic (exact) mass is 515 g/mol. The molecule has 18 heteroatoms. The third kappa shape index (κ3) is 5.82. The summed E-state index contributed by atoms with van der Waals surface area (Å²) in [5.41, 5.74) is -1.20. The normalized spacial score (nSPS) is 30.2. The van der Waals surface area contributed by atoms with Crippen molar-refractivity contribution in [1.82, 2.24) is 10.2 Å². The lowest BCUT2D eigenvalue weighted by Crippen LogP contribution is -2.46. The number of carbonyl (C=O) groups is 1. The van der Waals surface area contributed by atoms with E-state index in [9.17, 15) is 33.4 Å². The molecular weight excluding hydrogens is 495 g/mol. The predicted octanol–water partition coefficient (Wildman–Crippen LogP) is 1.12. The minimum atomic E-state index is -5.75. The molecule has 0 radical (unpaired) electrons. The van der Waals surface area contributed by atoms with E-state index in [1.807, 2.05) is 0 Å². The fourth-order valence-corrected chi connectivity index (χ4v) is 6.11. The van der Waals surface area contributed by atoms with Gasteiger partial charge in [-0.1, -0.05) is 13.2 Å². The number of hydrogen-bond donors (Lipinski definition) is 6. The number of rotatable bonds is 8. The van der Waals surface area contributed by atoms with E-state index >= 15 is 0 Å². The number of aliphatic hydroxyl groups is 1. The Morgan fingerprint density at radius 3 is 2.38 bits per heavy atom. The molecule has 1 heterocycles. The summed E-state index contributed by atoms with van der Waals surface area (Å²) < 4.78 is 45.9. The van der Waals surface area contributed by atoms with Gasteiger partial charge in [0.25, 0.3) is 0 Å². The van der Waals surface area contributed by atoms with Gasteiger partial charge in [0.1, 0.15) is 12.7 Å². The van der Waals surface area contributed by atoms with Gasteiger partial charge in [0.2, 0.25) is 0 Å². The quantitative estimate of drug-likeness (QED) is 0.152. The van der Waals surface area contributed by atoms with Crippen LogP contribution in [0.2, 0.25) is 0 Å². The predicted molar refractivity (Wildman–Crippen MR) is 106 cm³/mol. The summed E-state index contributed by atoms with van der Waals surface area (Å²) in [4.78, 5) is 52.7. The Morgan fingerprint density at radius 2 is 1.84 bits per heavy atom. The summed E-state index contributed by atoms with van der Waals surface area (Å²) in [6.45, 7) is 15.4. The zero-order valence-electron chi connectivity index (χ0n) is 16.4. The second-order valence-electron chi connectivity index (χ2n) is 6.82. The zero-order chi connectivity index (χ0) is 24.7. The molecule has 2 unspecified atom stereocenters. The number of phosphoric acid groups is 3. The van der Waals surface area contributed by atoms with Crippen molar-refractivity contribution in [3.05, 3.63) is 47.6 Å². The first-order valence-electron chi connectivity index (χ1n) is 8.44. The van der Waals surface area contributed by atoms with E-state index in [1.165, 1.54) is 6.20 Å². The lowest BCUT2D eigenvalue weighted by atomic mass is 9.92. The van der Waals surface area contributed by atoms with E-state index in [-0.39, 0.29) is 12.0 Å². The molecule has 2 rings (SSSR count). The molecule has 5 atom stereocenters. The number of aliphatic hydroxyl groups excluding tert-OH is 1. The maximum atomic E-state index is 12.3. The van der Waals surface area contributed by atoms with E-state index < -0.39 is 53.8 Å². The van der Waals surface area contributed by atoms with Crippen LogP contribution in [-0.2, 0) is 26.8 Å². The van der Waals surface area contributed by atoms with Gasteiger partial charge in [0, 0.05) is 23.9 Å².